The van der Waals surface area contributed by atoms with Gasteiger partial charge in [-0.05, 0) is 32.7 Å². The fourth-order valence-corrected chi connectivity index (χ4v) is 2.45. The van der Waals surface area contributed by atoms with Crippen molar-refractivity contribution in [1.29, 1.82) is 0 Å². The Bertz CT molecular complexity index is 644. The van der Waals surface area contributed by atoms with Gasteiger partial charge in [-0.3, -0.25) is 19.2 Å². The van der Waals surface area contributed by atoms with Crippen molar-refractivity contribution in [3.8, 4) is 0 Å². The summed E-state index contributed by atoms with van der Waals surface area (Å²) < 4.78 is 0. The van der Waals surface area contributed by atoms with Gasteiger partial charge in [-0.25, -0.2) is 4.79 Å². The second kappa shape index (κ2) is 14.2. The zero-order valence-electron chi connectivity index (χ0n) is 17.2. The van der Waals surface area contributed by atoms with Crippen LogP contribution < -0.4 is 33.2 Å². The molecule has 0 aliphatic heterocycles. The SMILES string of the molecule is CC(O)C(NC(=O)C(CCCCN)NC(=O)C(CC(N)=O)NC(=O)C(N)CO)C(=O)O. The van der Waals surface area contributed by atoms with E-state index in [1.807, 2.05) is 0 Å². The number of carbonyl (C=O) groups is 5. The third-order valence-electron chi connectivity index (χ3n) is 4.20. The van der Waals surface area contributed by atoms with Gasteiger partial charge < -0.3 is 48.5 Å². The topological polar surface area (TPSA) is 260 Å². The number of aliphatic hydroxyl groups is 2. The van der Waals surface area contributed by atoms with Crippen molar-refractivity contribution in [3.63, 3.8) is 0 Å². The van der Waals surface area contributed by atoms with Crippen LogP contribution in [0.15, 0.2) is 0 Å². The molecule has 0 aliphatic carbocycles. The smallest absolute Gasteiger partial charge is 0.328 e. The molecule has 0 heterocycles. The van der Waals surface area contributed by atoms with E-state index in [2.05, 4.69) is 16.0 Å². The van der Waals surface area contributed by atoms with Gasteiger partial charge in [0.2, 0.25) is 23.6 Å². The van der Waals surface area contributed by atoms with Crippen molar-refractivity contribution in [2.45, 2.75) is 62.9 Å². The molecule has 0 aromatic rings. The number of carboxylic acids is 1. The molecule has 12 N–H and O–H groups in total. The first-order valence-corrected chi connectivity index (χ1v) is 9.61. The van der Waals surface area contributed by atoms with Crippen LogP contribution in [0.1, 0.15) is 32.6 Å². The van der Waals surface area contributed by atoms with Crippen molar-refractivity contribution in [1.82, 2.24) is 16.0 Å². The summed E-state index contributed by atoms with van der Waals surface area (Å²) in [5.74, 6) is -5.17. The molecular weight excluding hydrogens is 416 g/mol. The average Bonchev–Trinajstić information content (AvgIpc) is 2.68. The number of nitrogens with one attached hydrogen (secondary N) is 3. The van der Waals surface area contributed by atoms with Crippen molar-refractivity contribution >= 4 is 29.6 Å². The molecule has 31 heavy (non-hydrogen) atoms. The minimum absolute atomic E-state index is 0.0638. The van der Waals surface area contributed by atoms with Crippen LogP contribution in [0.2, 0.25) is 0 Å². The molecule has 14 heteroatoms. The first kappa shape index (κ1) is 28.2. The molecule has 0 saturated heterocycles. The molecule has 0 aromatic heterocycles. The molecule has 5 atom stereocenters. The highest BCUT2D eigenvalue weighted by Crippen LogP contribution is 2.05. The lowest BCUT2D eigenvalue weighted by Crippen LogP contribution is -2.59. The van der Waals surface area contributed by atoms with Crippen LogP contribution in [0, 0.1) is 0 Å². The Morgan fingerprint density at radius 2 is 1.48 bits per heavy atom. The Morgan fingerprint density at radius 1 is 0.935 bits per heavy atom. The number of amides is 4. The number of aliphatic hydroxyl groups excluding tert-OH is 2. The number of nitrogens with two attached hydrogens (primary N) is 3. The highest BCUT2D eigenvalue weighted by atomic mass is 16.4. The predicted octanol–water partition coefficient (Wildman–Crippen LogP) is -4.77. The lowest BCUT2D eigenvalue weighted by Gasteiger charge is -2.25. The predicted molar refractivity (Wildman–Crippen MR) is 107 cm³/mol. The molecule has 0 radical (unpaired) electrons. The van der Waals surface area contributed by atoms with E-state index in [-0.39, 0.29) is 6.42 Å². The molecule has 0 saturated carbocycles. The molecule has 0 aliphatic rings. The van der Waals surface area contributed by atoms with Gasteiger partial charge in [0.05, 0.1) is 19.1 Å². The molecular formula is C17H32N6O8. The second-order valence-corrected chi connectivity index (χ2v) is 6.93. The Morgan fingerprint density at radius 3 is 1.94 bits per heavy atom. The van der Waals surface area contributed by atoms with Gasteiger partial charge in [0.1, 0.15) is 18.1 Å². The van der Waals surface area contributed by atoms with Gasteiger partial charge in [0.25, 0.3) is 0 Å². The van der Waals surface area contributed by atoms with E-state index in [1.165, 1.54) is 6.92 Å². The van der Waals surface area contributed by atoms with Crippen LogP contribution in [0.3, 0.4) is 0 Å². The Balaban J connectivity index is 5.47. The van der Waals surface area contributed by atoms with E-state index in [0.29, 0.717) is 19.4 Å². The summed E-state index contributed by atoms with van der Waals surface area (Å²) in [5.41, 5.74) is 15.9. The maximum absolute atomic E-state index is 12.6. The molecule has 4 amide bonds. The van der Waals surface area contributed by atoms with Crippen LogP contribution >= 0.6 is 0 Å². The number of unbranched alkanes of at least 4 members (excludes halogenated alkanes) is 1. The molecule has 0 bridgehead atoms. The normalized spacial score (nSPS) is 15.6. The van der Waals surface area contributed by atoms with E-state index < -0.39 is 72.9 Å². The zero-order chi connectivity index (χ0) is 24.1. The third-order valence-corrected chi connectivity index (χ3v) is 4.20. The van der Waals surface area contributed by atoms with Crippen LogP contribution in [0.4, 0.5) is 0 Å². The van der Waals surface area contributed by atoms with E-state index >= 15 is 0 Å². The molecule has 0 rings (SSSR count). The number of rotatable bonds is 15. The Labute approximate surface area is 178 Å². The van der Waals surface area contributed by atoms with Gasteiger partial charge >= 0.3 is 5.97 Å². The summed E-state index contributed by atoms with van der Waals surface area (Å²) in [6.07, 6.45) is -1.06. The maximum atomic E-state index is 12.6. The molecule has 0 spiro atoms. The molecule has 0 fully saturated rings. The van der Waals surface area contributed by atoms with Gasteiger partial charge in [0, 0.05) is 0 Å². The van der Waals surface area contributed by atoms with Crippen molar-refractivity contribution in [3.05, 3.63) is 0 Å². The zero-order valence-corrected chi connectivity index (χ0v) is 17.2. The maximum Gasteiger partial charge on any atom is 0.328 e. The lowest BCUT2D eigenvalue weighted by atomic mass is 10.1. The number of carboxylic acid groups (broad SMARTS) is 1. The number of aliphatic carboxylic acids is 1. The van der Waals surface area contributed by atoms with Crippen molar-refractivity contribution in [2.75, 3.05) is 13.2 Å². The summed E-state index contributed by atoms with van der Waals surface area (Å²) >= 11 is 0. The highest BCUT2D eigenvalue weighted by Gasteiger charge is 2.32. The fraction of sp³-hybridized carbons (Fsp3) is 0.706. The summed E-state index contributed by atoms with van der Waals surface area (Å²) in [6, 6.07) is -5.71. The van der Waals surface area contributed by atoms with Gasteiger partial charge in [-0.15, -0.1) is 0 Å². The van der Waals surface area contributed by atoms with E-state index in [9.17, 15) is 29.1 Å². The van der Waals surface area contributed by atoms with Crippen LogP contribution in [0.5, 0.6) is 0 Å². The quantitative estimate of drug-likeness (QED) is 0.108. The summed E-state index contributed by atoms with van der Waals surface area (Å²) in [7, 11) is 0. The number of hydrogen-bond acceptors (Lipinski definition) is 9. The number of hydrogen-bond donors (Lipinski definition) is 9. The monoisotopic (exact) mass is 448 g/mol. The molecule has 14 nitrogen and oxygen atoms in total. The van der Waals surface area contributed by atoms with Gasteiger partial charge in [-0.1, -0.05) is 0 Å². The molecule has 5 unspecified atom stereocenters. The lowest BCUT2D eigenvalue weighted by molar-refractivity contribution is -0.145. The minimum atomic E-state index is -1.62. The van der Waals surface area contributed by atoms with Crippen molar-refractivity contribution in [2.24, 2.45) is 17.2 Å². The average molecular weight is 448 g/mol. The first-order chi connectivity index (χ1) is 14.4. The number of primary amides is 1. The molecule has 0 aromatic carbocycles. The highest BCUT2D eigenvalue weighted by molar-refractivity contribution is 5.96. The van der Waals surface area contributed by atoms with Crippen LogP contribution in [-0.2, 0) is 24.0 Å². The van der Waals surface area contributed by atoms with Gasteiger partial charge in [0.15, 0.2) is 6.04 Å². The summed E-state index contributed by atoms with van der Waals surface area (Å²) in [4.78, 5) is 59.6. The first-order valence-electron chi connectivity index (χ1n) is 9.61. The summed E-state index contributed by atoms with van der Waals surface area (Å²) in [5, 5.41) is 34.2. The Kier molecular flexibility index (Phi) is 12.9. The van der Waals surface area contributed by atoms with E-state index in [4.69, 9.17) is 27.4 Å². The van der Waals surface area contributed by atoms with Crippen molar-refractivity contribution < 1.29 is 39.3 Å². The summed E-state index contributed by atoms with van der Waals surface area (Å²) in [6.45, 7) is 0.772. The van der Waals surface area contributed by atoms with E-state index in [1.54, 1.807) is 0 Å². The molecule has 178 valence electrons. The van der Waals surface area contributed by atoms with Gasteiger partial charge in [-0.2, -0.15) is 0 Å². The van der Waals surface area contributed by atoms with Crippen LogP contribution in [-0.4, -0.2) is 88.3 Å². The minimum Gasteiger partial charge on any atom is -0.480 e. The van der Waals surface area contributed by atoms with Crippen LogP contribution in [0.25, 0.3) is 0 Å². The van der Waals surface area contributed by atoms with E-state index in [0.717, 1.165) is 0 Å². The number of carbonyl (C=O) groups excluding carboxylic acids is 4. The second-order valence-electron chi connectivity index (χ2n) is 6.93. The largest absolute Gasteiger partial charge is 0.480 e. The third kappa shape index (κ3) is 10.7. The fourth-order valence-electron chi connectivity index (χ4n) is 2.45. The standard InChI is InChI=1S/C17H32N6O8/c1-8(25)13(17(30)31)23-15(28)10(4-2-3-5-18)21-16(29)11(6-12(20)26)22-14(27)9(19)7-24/h8-11,13,24-25H,2-7,18-19H2,1H3,(H2,20,26)(H,21,29)(H,22,27)(H,23,28)(H,30,31). The Hall–Kier alpha value is -2.81.